The number of hydrogen-bond donors (Lipinski definition) is 1. The zero-order chi connectivity index (χ0) is 9.40. The van der Waals surface area contributed by atoms with Crippen molar-refractivity contribution >= 4 is 5.97 Å². The van der Waals surface area contributed by atoms with Crippen molar-refractivity contribution < 1.29 is 9.90 Å². The van der Waals surface area contributed by atoms with Gasteiger partial charge in [0.25, 0.3) is 0 Å². The first-order chi connectivity index (χ1) is 5.79. The van der Waals surface area contributed by atoms with Crippen molar-refractivity contribution in [1.82, 2.24) is 4.90 Å². The third-order valence-electron chi connectivity index (χ3n) is 1.81. The molecular formula is C9H19NO2. The summed E-state index contributed by atoms with van der Waals surface area (Å²) < 4.78 is 0. The Morgan fingerprint density at radius 2 is 2.00 bits per heavy atom. The van der Waals surface area contributed by atoms with Gasteiger partial charge in [0, 0.05) is 6.42 Å². The van der Waals surface area contributed by atoms with Gasteiger partial charge in [0.05, 0.1) is 0 Å². The van der Waals surface area contributed by atoms with Crippen LogP contribution >= 0.6 is 0 Å². The molecule has 3 nitrogen and oxygen atoms in total. The van der Waals surface area contributed by atoms with Crippen LogP contribution in [0.4, 0.5) is 0 Å². The second kappa shape index (κ2) is 7.10. The maximum atomic E-state index is 10.1. The van der Waals surface area contributed by atoms with Crippen molar-refractivity contribution in [3.63, 3.8) is 0 Å². The minimum absolute atomic E-state index is 0.316. The Labute approximate surface area is 74.4 Å². The van der Waals surface area contributed by atoms with Crippen molar-refractivity contribution in [1.29, 1.82) is 0 Å². The van der Waals surface area contributed by atoms with Gasteiger partial charge in [-0.2, -0.15) is 0 Å². The van der Waals surface area contributed by atoms with Gasteiger partial charge >= 0.3 is 5.97 Å². The summed E-state index contributed by atoms with van der Waals surface area (Å²) in [6, 6.07) is 0. The largest absolute Gasteiger partial charge is 0.481 e. The van der Waals surface area contributed by atoms with Crippen LogP contribution in [-0.4, -0.2) is 35.6 Å². The van der Waals surface area contributed by atoms with E-state index < -0.39 is 5.97 Å². The van der Waals surface area contributed by atoms with Crippen LogP contribution in [0.5, 0.6) is 0 Å². The first-order valence-electron chi connectivity index (χ1n) is 4.73. The van der Waals surface area contributed by atoms with Gasteiger partial charge in [-0.3, -0.25) is 4.79 Å². The fourth-order valence-electron chi connectivity index (χ4n) is 1.06. The summed E-state index contributed by atoms with van der Waals surface area (Å²) >= 11 is 0. The molecule has 0 aromatic carbocycles. The number of carboxylic acids is 1. The normalized spacial score (nSPS) is 15.8. The highest BCUT2D eigenvalue weighted by Gasteiger charge is 2.12. The van der Waals surface area contributed by atoms with E-state index in [0.29, 0.717) is 6.42 Å². The van der Waals surface area contributed by atoms with Gasteiger partial charge in [0.2, 0.25) is 0 Å². The summed E-state index contributed by atoms with van der Waals surface area (Å²) in [5.41, 5.74) is 0. The van der Waals surface area contributed by atoms with E-state index in [9.17, 15) is 4.79 Å². The van der Waals surface area contributed by atoms with E-state index in [1.165, 1.54) is 19.5 Å². The van der Waals surface area contributed by atoms with Crippen LogP contribution in [0.25, 0.3) is 0 Å². The summed E-state index contributed by atoms with van der Waals surface area (Å²) in [7, 11) is 0. The smallest absolute Gasteiger partial charge is 0.303 e. The van der Waals surface area contributed by atoms with Crippen molar-refractivity contribution in [2.24, 2.45) is 0 Å². The van der Waals surface area contributed by atoms with E-state index in [2.05, 4.69) is 4.90 Å². The van der Waals surface area contributed by atoms with Gasteiger partial charge < -0.3 is 10.0 Å². The fraction of sp³-hybridized carbons (Fsp3) is 0.889. The molecule has 72 valence electrons. The van der Waals surface area contributed by atoms with E-state index in [1.54, 1.807) is 0 Å². The SMILES string of the molecule is CC.O=C(O)CCCN1CCC1. The lowest BCUT2D eigenvalue weighted by Crippen LogP contribution is -2.37. The first kappa shape index (κ1) is 11.4. The van der Waals surface area contributed by atoms with Gasteiger partial charge in [-0.15, -0.1) is 0 Å². The Morgan fingerprint density at radius 1 is 1.42 bits per heavy atom. The molecule has 0 aliphatic carbocycles. The zero-order valence-corrected chi connectivity index (χ0v) is 8.05. The topological polar surface area (TPSA) is 40.5 Å². The van der Waals surface area contributed by atoms with Crippen LogP contribution in [-0.2, 0) is 4.79 Å². The van der Waals surface area contributed by atoms with Crippen LogP contribution in [0.15, 0.2) is 0 Å². The molecule has 1 rings (SSSR count). The molecule has 1 fully saturated rings. The average Bonchev–Trinajstić information content (AvgIpc) is 1.98. The zero-order valence-electron chi connectivity index (χ0n) is 8.05. The third-order valence-corrected chi connectivity index (χ3v) is 1.81. The molecule has 1 N–H and O–H groups in total. The molecule has 3 heteroatoms. The summed E-state index contributed by atoms with van der Waals surface area (Å²) in [5.74, 6) is -0.680. The molecule has 0 saturated carbocycles. The number of carbonyl (C=O) groups is 1. The van der Waals surface area contributed by atoms with Crippen LogP contribution < -0.4 is 0 Å². The predicted octanol–water partition coefficient (Wildman–Crippen LogP) is 1.58. The van der Waals surface area contributed by atoms with Crippen LogP contribution in [0.2, 0.25) is 0 Å². The highest BCUT2D eigenvalue weighted by atomic mass is 16.4. The van der Waals surface area contributed by atoms with E-state index >= 15 is 0 Å². The van der Waals surface area contributed by atoms with Crippen molar-refractivity contribution in [3.8, 4) is 0 Å². The lowest BCUT2D eigenvalue weighted by molar-refractivity contribution is -0.137. The van der Waals surface area contributed by atoms with Crippen molar-refractivity contribution in [2.45, 2.75) is 33.1 Å². The van der Waals surface area contributed by atoms with Gasteiger partial charge in [-0.1, -0.05) is 13.8 Å². The molecule has 0 aromatic heterocycles. The Balaban J connectivity index is 0.000000561. The highest BCUT2D eigenvalue weighted by Crippen LogP contribution is 2.06. The fourth-order valence-corrected chi connectivity index (χ4v) is 1.06. The lowest BCUT2D eigenvalue weighted by Gasteiger charge is -2.30. The molecule has 0 spiro atoms. The highest BCUT2D eigenvalue weighted by molar-refractivity contribution is 5.66. The van der Waals surface area contributed by atoms with E-state index in [1.807, 2.05) is 13.8 Å². The number of nitrogens with zero attached hydrogens (tertiary/aromatic N) is 1. The predicted molar refractivity (Wildman–Crippen MR) is 49.3 cm³/mol. The number of aliphatic carboxylic acids is 1. The standard InChI is InChI=1S/C7H13NO2.C2H6/c9-7(10)3-1-4-8-5-2-6-8;1-2/h1-6H2,(H,9,10);1-2H3. The van der Waals surface area contributed by atoms with E-state index in [4.69, 9.17) is 5.11 Å². The molecule has 0 aromatic rings. The molecule has 1 aliphatic rings. The number of hydrogen-bond acceptors (Lipinski definition) is 2. The van der Waals surface area contributed by atoms with Crippen molar-refractivity contribution in [2.75, 3.05) is 19.6 Å². The number of likely N-dealkylation sites (tertiary alicyclic amines) is 1. The molecular weight excluding hydrogens is 154 g/mol. The molecule has 0 bridgehead atoms. The molecule has 12 heavy (non-hydrogen) atoms. The average molecular weight is 173 g/mol. The van der Waals surface area contributed by atoms with Gasteiger partial charge in [-0.25, -0.2) is 0 Å². The Morgan fingerprint density at radius 3 is 2.33 bits per heavy atom. The first-order valence-corrected chi connectivity index (χ1v) is 4.73. The molecule has 1 heterocycles. The molecule has 1 saturated heterocycles. The number of carboxylic acid groups (broad SMARTS) is 1. The maximum absolute atomic E-state index is 10.1. The monoisotopic (exact) mass is 173 g/mol. The molecule has 1 aliphatic heterocycles. The Hall–Kier alpha value is -0.570. The van der Waals surface area contributed by atoms with E-state index in [0.717, 1.165) is 13.0 Å². The second-order valence-electron chi connectivity index (χ2n) is 2.69. The van der Waals surface area contributed by atoms with Gasteiger partial charge in [-0.05, 0) is 32.5 Å². The second-order valence-corrected chi connectivity index (χ2v) is 2.69. The lowest BCUT2D eigenvalue weighted by atomic mass is 10.2. The maximum Gasteiger partial charge on any atom is 0.303 e. The summed E-state index contributed by atoms with van der Waals surface area (Å²) in [5, 5.41) is 8.30. The van der Waals surface area contributed by atoms with Crippen LogP contribution in [0, 0.1) is 0 Å². The summed E-state index contributed by atoms with van der Waals surface area (Å²) in [4.78, 5) is 12.3. The van der Waals surface area contributed by atoms with Crippen LogP contribution in [0.3, 0.4) is 0 Å². The Bertz CT molecular complexity index is 122. The molecule has 0 unspecified atom stereocenters. The minimum Gasteiger partial charge on any atom is -0.481 e. The molecule has 0 radical (unpaired) electrons. The van der Waals surface area contributed by atoms with Crippen molar-refractivity contribution in [3.05, 3.63) is 0 Å². The Kier molecular flexibility index (Phi) is 6.76. The van der Waals surface area contributed by atoms with Gasteiger partial charge in [0.1, 0.15) is 0 Å². The number of rotatable bonds is 4. The van der Waals surface area contributed by atoms with E-state index in [-0.39, 0.29) is 0 Å². The summed E-state index contributed by atoms with van der Waals surface area (Å²) in [6.07, 6.45) is 2.40. The third kappa shape index (κ3) is 5.13. The minimum atomic E-state index is -0.680. The van der Waals surface area contributed by atoms with Gasteiger partial charge in [0.15, 0.2) is 0 Å². The quantitative estimate of drug-likeness (QED) is 0.701. The molecule has 0 atom stereocenters. The summed E-state index contributed by atoms with van der Waals surface area (Å²) in [6.45, 7) is 7.30. The van der Waals surface area contributed by atoms with Crippen LogP contribution in [0.1, 0.15) is 33.1 Å². The molecule has 0 amide bonds.